The molecule has 1 rings (SSSR count). The number of hydrogen-bond donors (Lipinski definition) is 0. The summed E-state index contributed by atoms with van der Waals surface area (Å²) >= 11 is 0. The van der Waals surface area contributed by atoms with Gasteiger partial charge in [-0.25, -0.2) is 0 Å². The van der Waals surface area contributed by atoms with Crippen LogP contribution in [0.5, 0.6) is 0 Å². The molecule has 0 saturated heterocycles. The average molecular weight is 156 g/mol. The monoisotopic (exact) mass is 156 g/mol. The quantitative estimate of drug-likeness (QED) is 0.584. The molecule has 0 bridgehead atoms. The second-order valence-corrected chi connectivity index (χ2v) is 3.45. The van der Waals surface area contributed by atoms with Crippen molar-refractivity contribution >= 4 is 6.47 Å². The molecule has 0 radical (unpaired) electrons. The Hall–Kier alpha value is -0.530. The van der Waals surface area contributed by atoms with Gasteiger partial charge in [-0.15, -0.1) is 0 Å². The molecule has 2 heteroatoms. The molecule has 1 saturated carbocycles. The van der Waals surface area contributed by atoms with Crippen LogP contribution in [0, 0.1) is 11.8 Å². The van der Waals surface area contributed by atoms with Gasteiger partial charge in [-0.2, -0.15) is 0 Å². The lowest BCUT2D eigenvalue weighted by Gasteiger charge is -2.27. The van der Waals surface area contributed by atoms with Crippen LogP contribution in [-0.2, 0) is 9.53 Å². The maximum Gasteiger partial charge on any atom is 0.293 e. The highest BCUT2D eigenvalue weighted by molar-refractivity contribution is 5.36. The number of carbonyl (C=O) groups is 1. The molecule has 2 nitrogen and oxygen atoms in total. The molecule has 0 spiro atoms. The van der Waals surface area contributed by atoms with Gasteiger partial charge in [-0.1, -0.05) is 26.2 Å². The van der Waals surface area contributed by atoms with Gasteiger partial charge >= 0.3 is 0 Å². The molecule has 2 atom stereocenters. The summed E-state index contributed by atoms with van der Waals surface area (Å²) in [7, 11) is 0. The maximum absolute atomic E-state index is 9.93. The highest BCUT2D eigenvalue weighted by Crippen LogP contribution is 2.29. The summed E-state index contributed by atoms with van der Waals surface area (Å²) in [6.45, 7) is 3.43. The number of carbonyl (C=O) groups excluding carboxylic acids is 1. The predicted octanol–water partition coefficient (Wildman–Crippen LogP) is 1.99. The van der Waals surface area contributed by atoms with Gasteiger partial charge in [0.05, 0.1) is 6.61 Å². The minimum atomic E-state index is 0.557. The molecule has 0 N–H and O–H groups in total. The average Bonchev–Trinajstić information content (AvgIpc) is 2.03. The molecule has 11 heavy (non-hydrogen) atoms. The second kappa shape index (κ2) is 4.37. The molecule has 1 unspecified atom stereocenters. The first kappa shape index (κ1) is 8.57. The highest BCUT2D eigenvalue weighted by Gasteiger charge is 2.21. The Bertz CT molecular complexity index is 123. The summed E-state index contributed by atoms with van der Waals surface area (Å²) in [5.74, 6) is 1.36. The van der Waals surface area contributed by atoms with Crippen LogP contribution in [0.1, 0.15) is 32.6 Å². The third-order valence-electron chi connectivity index (χ3n) is 2.67. The Labute approximate surface area is 67.9 Å². The van der Waals surface area contributed by atoms with Crippen molar-refractivity contribution in [1.82, 2.24) is 0 Å². The van der Waals surface area contributed by atoms with Crippen LogP contribution < -0.4 is 0 Å². The van der Waals surface area contributed by atoms with E-state index in [0.29, 0.717) is 19.0 Å². The Morgan fingerprint density at radius 2 is 2.18 bits per heavy atom. The third-order valence-corrected chi connectivity index (χ3v) is 2.67. The van der Waals surface area contributed by atoms with Crippen molar-refractivity contribution in [2.45, 2.75) is 32.6 Å². The van der Waals surface area contributed by atoms with E-state index in [1.807, 2.05) is 0 Å². The fraction of sp³-hybridized carbons (Fsp3) is 0.889. The lowest BCUT2D eigenvalue weighted by molar-refractivity contribution is -0.130. The Kier molecular flexibility index (Phi) is 3.40. The van der Waals surface area contributed by atoms with E-state index < -0.39 is 0 Å². The molecule has 0 heterocycles. The number of rotatable bonds is 3. The lowest BCUT2D eigenvalue weighted by Crippen LogP contribution is -2.21. The first-order chi connectivity index (χ1) is 5.34. The zero-order chi connectivity index (χ0) is 8.10. The van der Waals surface area contributed by atoms with Crippen LogP contribution >= 0.6 is 0 Å². The first-order valence-corrected chi connectivity index (χ1v) is 4.40. The minimum Gasteiger partial charge on any atom is -0.468 e. The van der Waals surface area contributed by atoms with Crippen LogP contribution in [0.3, 0.4) is 0 Å². The van der Waals surface area contributed by atoms with E-state index in [-0.39, 0.29) is 0 Å². The topological polar surface area (TPSA) is 26.3 Å². The van der Waals surface area contributed by atoms with Crippen molar-refractivity contribution in [3.63, 3.8) is 0 Å². The zero-order valence-corrected chi connectivity index (χ0v) is 7.08. The van der Waals surface area contributed by atoms with E-state index >= 15 is 0 Å². The smallest absolute Gasteiger partial charge is 0.293 e. The van der Waals surface area contributed by atoms with Gasteiger partial charge < -0.3 is 4.74 Å². The summed E-state index contributed by atoms with van der Waals surface area (Å²) in [6.07, 6.45) is 5.18. The van der Waals surface area contributed by atoms with E-state index in [2.05, 4.69) is 6.92 Å². The van der Waals surface area contributed by atoms with Crippen molar-refractivity contribution in [2.75, 3.05) is 6.61 Å². The number of ether oxygens (including phenoxy) is 1. The SMILES string of the molecule is CC1CCCC[C@@H]1COC=O. The zero-order valence-electron chi connectivity index (χ0n) is 7.08. The van der Waals surface area contributed by atoms with Gasteiger partial charge in [-0.05, 0) is 18.3 Å². The third kappa shape index (κ3) is 2.52. The summed E-state index contributed by atoms with van der Waals surface area (Å²) < 4.78 is 4.76. The standard InChI is InChI=1S/C9H16O2/c1-8-4-2-3-5-9(8)6-11-7-10/h7-9H,2-6H2,1H3/t8?,9-/m1/s1. The van der Waals surface area contributed by atoms with E-state index in [0.717, 1.165) is 5.92 Å². The largest absolute Gasteiger partial charge is 0.468 e. The molecule has 0 amide bonds. The van der Waals surface area contributed by atoms with Crippen molar-refractivity contribution in [2.24, 2.45) is 11.8 Å². The van der Waals surface area contributed by atoms with E-state index in [1.54, 1.807) is 0 Å². The van der Waals surface area contributed by atoms with Gasteiger partial charge in [0.25, 0.3) is 6.47 Å². The Morgan fingerprint density at radius 3 is 2.82 bits per heavy atom. The lowest BCUT2D eigenvalue weighted by atomic mass is 9.81. The first-order valence-electron chi connectivity index (χ1n) is 4.40. The van der Waals surface area contributed by atoms with Crippen LogP contribution in [0.25, 0.3) is 0 Å². The van der Waals surface area contributed by atoms with E-state index in [9.17, 15) is 4.79 Å². The summed E-state index contributed by atoms with van der Waals surface area (Å²) in [6, 6.07) is 0. The molecule has 0 aromatic carbocycles. The predicted molar refractivity (Wildman–Crippen MR) is 43.1 cm³/mol. The van der Waals surface area contributed by atoms with Gasteiger partial charge in [0.1, 0.15) is 0 Å². The molecule has 0 aliphatic heterocycles. The van der Waals surface area contributed by atoms with E-state index in [4.69, 9.17) is 4.74 Å². The minimum absolute atomic E-state index is 0.557. The molecule has 1 aliphatic carbocycles. The highest BCUT2D eigenvalue weighted by atomic mass is 16.5. The van der Waals surface area contributed by atoms with Crippen LogP contribution in [0.15, 0.2) is 0 Å². The van der Waals surface area contributed by atoms with Crippen LogP contribution in [0.2, 0.25) is 0 Å². The Morgan fingerprint density at radius 1 is 1.45 bits per heavy atom. The maximum atomic E-state index is 9.93. The summed E-state index contributed by atoms with van der Waals surface area (Å²) in [4.78, 5) is 9.93. The molecule has 64 valence electrons. The van der Waals surface area contributed by atoms with Crippen molar-refractivity contribution in [1.29, 1.82) is 0 Å². The molecule has 0 aromatic rings. The molecular weight excluding hydrogens is 140 g/mol. The molecule has 1 fully saturated rings. The van der Waals surface area contributed by atoms with Crippen molar-refractivity contribution in [3.8, 4) is 0 Å². The van der Waals surface area contributed by atoms with Crippen molar-refractivity contribution in [3.05, 3.63) is 0 Å². The Balaban J connectivity index is 2.23. The normalized spacial score (nSPS) is 31.4. The van der Waals surface area contributed by atoms with E-state index in [1.165, 1.54) is 25.7 Å². The fourth-order valence-corrected chi connectivity index (χ4v) is 1.80. The van der Waals surface area contributed by atoms with Gasteiger partial charge in [0, 0.05) is 0 Å². The van der Waals surface area contributed by atoms with Gasteiger partial charge in [-0.3, -0.25) is 4.79 Å². The van der Waals surface area contributed by atoms with Crippen LogP contribution in [0.4, 0.5) is 0 Å². The van der Waals surface area contributed by atoms with Gasteiger partial charge in [0.15, 0.2) is 0 Å². The summed E-state index contributed by atoms with van der Waals surface area (Å²) in [5, 5.41) is 0. The molecular formula is C9H16O2. The number of hydrogen-bond acceptors (Lipinski definition) is 2. The fourth-order valence-electron chi connectivity index (χ4n) is 1.80. The van der Waals surface area contributed by atoms with Crippen molar-refractivity contribution < 1.29 is 9.53 Å². The second-order valence-electron chi connectivity index (χ2n) is 3.45. The molecule has 0 aromatic heterocycles. The van der Waals surface area contributed by atoms with Crippen LogP contribution in [-0.4, -0.2) is 13.1 Å². The summed E-state index contributed by atoms with van der Waals surface area (Å²) in [5.41, 5.74) is 0. The van der Waals surface area contributed by atoms with Gasteiger partial charge in [0.2, 0.25) is 0 Å². The molecule has 1 aliphatic rings.